The van der Waals surface area contributed by atoms with Gasteiger partial charge in [-0.3, -0.25) is 4.79 Å². The molecule has 0 aliphatic heterocycles. The van der Waals surface area contributed by atoms with Gasteiger partial charge in [0, 0.05) is 0 Å². The van der Waals surface area contributed by atoms with E-state index in [2.05, 4.69) is 20.5 Å². The summed E-state index contributed by atoms with van der Waals surface area (Å²) >= 11 is 1.35. The molecule has 0 fully saturated rings. The third-order valence-electron chi connectivity index (χ3n) is 2.91. The molecule has 1 amide bonds. The lowest BCUT2D eigenvalue weighted by Crippen LogP contribution is -2.19. The largest absolute Gasteiger partial charge is 0.333 e. The molecule has 3 aromatic rings. The molecule has 0 unspecified atom stereocenters. The van der Waals surface area contributed by atoms with Gasteiger partial charge >= 0.3 is 0 Å². The Balaban J connectivity index is 1.51. The number of aromatic nitrogens is 2. The number of nitrogens with one attached hydrogen (secondary N) is 2. The maximum atomic E-state index is 11.7. The molecule has 2 aromatic carbocycles. The van der Waals surface area contributed by atoms with Crippen molar-refractivity contribution in [3.8, 4) is 0 Å². The van der Waals surface area contributed by atoms with Gasteiger partial charge in [0.1, 0.15) is 0 Å². The Kier molecular flexibility index (Phi) is 4.50. The van der Waals surface area contributed by atoms with Gasteiger partial charge in [-0.1, -0.05) is 54.2 Å². The van der Waals surface area contributed by atoms with E-state index in [1.807, 2.05) is 54.6 Å². The van der Waals surface area contributed by atoms with Crippen LogP contribution >= 0.6 is 11.8 Å². The molecule has 1 heterocycles. The van der Waals surface area contributed by atoms with Gasteiger partial charge in [0.05, 0.1) is 23.0 Å². The van der Waals surface area contributed by atoms with E-state index < -0.39 is 0 Å². The second-order valence-electron chi connectivity index (χ2n) is 4.55. The molecule has 3 rings (SSSR count). The molecule has 0 saturated carbocycles. The van der Waals surface area contributed by atoms with Gasteiger partial charge in [0.25, 0.3) is 5.91 Å². The number of hydrogen-bond donors (Lipinski definition) is 2. The Morgan fingerprint density at radius 3 is 2.77 bits per heavy atom. The van der Waals surface area contributed by atoms with Crippen LogP contribution in [-0.4, -0.2) is 27.8 Å². The predicted molar refractivity (Wildman–Crippen MR) is 89.0 cm³/mol. The monoisotopic (exact) mass is 310 g/mol. The van der Waals surface area contributed by atoms with E-state index in [0.717, 1.165) is 21.8 Å². The van der Waals surface area contributed by atoms with Crippen LogP contribution in [0.5, 0.6) is 0 Å². The van der Waals surface area contributed by atoms with E-state index in [-0.39, 0.29) is 11.7 Å². The summed E-state index contributed by atoms with van der Waals surface area (Å²) in [7, 11) is 0. The molecule has 2 N–H and O–H groups in total. The SMILES string of the molecule is O=C(CSc1nc2ccccc2[nH]1)N/N=C\c1ccccc1. The summed E-state index contributed by atoms with van der Waals surface area (Å²) in [6.45, 7) is 0. The lowest BCUT2D eigenvalue weighted by molar-refractivity contribution is -0.118. The van der Waals surface area contributed by atoms with E-state index in [0.29, 0.717) is 0 Å². The quantitative estimate of drug-likeness (QED) is 0.432. The van der Waals surface area contributed by atoms with Crippen molar-refractivity contribution in [2.24, 2.45) is 5.10 Å². The summed E-state index contributed by atoms with van der Waals surface area (Å²) in [5.41, 5.74) is 5.30. The average molecular weight is 310 g/mol. The Hall–Kier alpha value is -2.60. The van der Waals surface area contributed by atoms with Crippen LogP contribution in [0.1, 0.15) is 5.56 Å². The lowest BCUT2D eigenvalue weighted by Gasteiger charge is -1.97. The number of nitrogens with zero attached hydrogens (tertiary/aromatic N) is 2. The normalized spacial score (nSPS) is 11.1. The lowest BCUT2D eigenvalue weighted by atomic mass is 10.2. The van der Waals surface area contributed by atoms with Crippen molar-refractivity contribution in [2.45, 2.75) is 5.16 Å². The number of hydrogen-bond acceptors (Lipinski definition) is 4. The summed E-state index contributed by atoms with van der Waals surface area (Å²) in [5.74, 6) is 0.0870. The van der Waals surface area contributed by atoms with Crippen molar-refractivity contribution in [3.05, 3.63) is 60.2 Å². The maximum Gasteiger partial charge on any atom is 0.250 e. The fourth-order valence-electron chi connectivity index (χ4n) is 1.88. The highest BCUT2D eigenvalue weighted by atomic mass is 32.2. The van der Waals surface area contributed by atoms with Gasteiger partial charge in [0.15, 0.2) is 5.16 Å². The topological polar surface area (TPSA) is 70.1 Å². The molecule has 0 aliphatic rings. The number of amides is 1. The highest BCUT2D eigenvalue weighted by Crippen LogP contribution is 2.18. The first-order valence-corrected chi connectivity index (χ1v) is 7.74. The molecule has 0 spiro atoms. The molecular weight excluding hydrogens is 296 g/mol. The first-order chi connectivity index (χ1) is 10.8. The van der Waals surface area contributed by atoms with Gasteiger partial charge < -0.3 is 4.98 Å². The van der Waals surface area contributed by atoms with Crippen molar-refractivity contribution in [2.75, 3.05) is 5.75 Å². The summed E-state index contributed by atoms with van der Waals surface area (Å²) in [4.78, 5) is 19.3. The zero-order valence-corrected chi connectivity index (χ0v) is 12.5. The summed E-state index contributed by atoms with van der Waals surface area (Å²) in [6, 6.07) is 17.4. The van der Waals surface area contributed by atoms with Crippen molar-refractivity contribution in [3.63, 3.8) is 0 Å². The van der Waals surface area contributed by atoms with Gasteiger partial charge in [-0.2, -0.15) is 5.10 Å². The summed E-state index contributed by atoms with van der Waals surface area (Å²) in [6.07, 6.45) is 1.61. The molecule has 6 heteroatoms. The van der Waals surface area contributed by atoms with Crippen LogP contribution in [0.4, 0.5) is 0 Å². The molecule has 5 nitrogen and oxygen atoms in total. The van der Waals surface area contributed by atoms with Crippen LogP contribution in [0.25, 0.3) is 11.0 Å². The Labute approximate surface area is 131 Å². The summed E-state index contributed by atoms with van der Waals surface area (Å²) in [5, 5.41) is 4.65. The molecule has 0 saturated heterocycles. The zero-order valence-electron chi connectivity index (χ0n) is 11.7. The molecule has 1 aromatic heterocycles. The third kappa shape index (κ3) is 3.73. The summed E-state index contributed by atoms with van der Waals surface area (Å²) < 4.78 is 0. The molecule has 0 atom stereocenters. The Morgan fingerprint density at radius 2 is 1.95 bits per heavy atom. The molecule has 110 valence electrons. The highest BCUT2D eigenvalue weighted by molar-refractivity contribution is 7.99. The second-order valence-corrected chi connectivity index (χ2v) is 5.52. The van der Waals surface area contributed by atoms with E-state index in [1.165, 1.54) is 11.8 Å². The van der Waals surface area contributed by atoms with Gasteiger partial charge in [0.2, 0.25) is 0 Å². The van der Waals surface area contributed by atoms with E-state index in [9.17, 15) is 4.79 Å². The first kappa shape index (κ1) is 14.3. The van der Waals surface area contributed by atoms with Crippen molar-refractivity contribution < 1.29 is 4.79 Å². The molecule has 22 heavy (non-hydrogen) atoms. The number of benzene rings is 2. The fourth-order valence-corrected chi connectivity index (χ4v) is 2.56. The second kappa shape index (κ2) is 6.91. The number of carbonyl (C=O) groups is 1. The van der Waals surface area contributed by atoms with Gasteiger partial charge in [-0.25, -0.2) is 10.4 Å². The number of para-hydroxylation sites is 2. The minimum absolute atomic E-state index is 0.169. The highest BCUT2D eigenvalue weighted by Gasteiger charge is 2.05. The zero-order chi connectivity index (χ0) is 15.2. The number of hydrazone groups is 1. The van der Waals surface area contributed by atoms with Crippen LogP contribution in [0.15, 0.2) is 64.9 Å². The first-order valence-electron chi connectivity index (χ1n) is 6.76. The van der Waals surface area contributed by atoms with Gasteiger partial charge in [-0.15, -0.1) is 0 Å². The smallest absolute Gasteiger partial charge is 0.250 e. The number of thioether (sulfide) groups is 1. The Morgan fingerprint density at radius 1 is 1.18 bits per heavy atom. The number of imidazole rings is 1. The standard InChI is InChI=1S/C16H14N4OS/c21-15(20-17-10-12-6-2-1-3-7-12)11-22-16-18-13-8-4-5-9-14(13)19-16/h1-10H,11H2,(H,18,19)(H,20,21)/b17-10-. The van der Waals surface area contributed by atoms with Crippen LogP contribution in [0.2, 0.25) is 0 Å². The van der Waals surface area contributed by atoms with E-state index in [1.54, 1.807) is 6.21 Å². The number of fused-ring (bicyclic) bond motifs is 1. The van der Waals surface area contributed by atoms with Crippen LogP contribution < -0.4 is 5.43 Å². The van der Waals surface area contributed by atoms with E-state index >= 15 is 0 Å². The minimum Gasteiger partial charge on any atom is -0.333 e. The predicted octanol–water partition coefficient (Wildman–Crippen LogP) is 2.81. The molecular formula is C16H14N4OS. The third-order valence-corrected chi connectivity index (χ3v) is 3.78. The van der Waals surface area contributed by atoms with Crippen molar-refractivity contribution >= 4 is 34.9 Å². The average Bonchev–Trinajstić information content (AvgIpc) is 2.97. The maximum absolute atomic E-state index is 11.7. The van der Waals surface area contributed by atoms with Gasteiger partial charge in [-0.05, 0) is 17.7 Å². The number of H-pyrrole nitrogens is 1. The minimum atomic E-state index is -0.169. The van der Waals surface area contributed by atoms with Crippen LogP contribution in [-0.2, 0) is 4.79 Å². The number of rotatable bonds is 5. The van der Waals surface area contributed by atoms with Crippen molar-refractivity contribution in [1.29, 1.82) is 0 Å². The number of aromatic amines is 1. The van der Waals surface area contributed by atoms with Crippen LogP contribution in [0, 0.1) is 0 Å². The van der Waals surface area contributed by atoms with E-state index in [4.69, 9.17) is 0 Å². The number of carbonyl (C=O) groups excluding carboxylic acids is 1. The fraction of sp³-hybridized carbons (Fsp3) is 0.0625. The molecule has 0 bridgehead atoms. The molecule has 0 radical (unpaired) electrons. The molecule has 0 aliphatic carbocycles. The Bertz CT molecular complexity index is 765. The van der Waals surface area contributed by atoms with Crippen LogP contribution in [0.3, 0.4) is 0 Å². The van der Waals surface area contributed by atoms with Crippen molar-refractivity contribution in [1.82, 2.24) is 15.4 Å².